The number of amides is 1. The van der Waals surface area contributed by atoms with Gasteiger partial charge in [-0.2, -0.15) is 0 Å². The summed E-state index contributed by atoms with van der Waals surface area (Å²) >= 11 is 6.96. The second-order valence-corrected chi connectivity index (χ2v) is 9.44. The molecule has 31 heavy (non-hydrogen) atoms. The Hall–Kier alpha value is -2.06. The summed E-state index contributed by atoms with van der Waals surface area (Å²) in [5.41, 5.74) is 3.17. The van der Waals surface area contributed by atoms with Gasteiger partial charge in [0.1, 0.15) is 0 Å². The van der Waals surface area contributed by atoms with Crippen LogP contribution in [-0.2, 0) is 4.74 Å². The minimum absolute atomic E-state index is 0.000640. The van der Waals surface area contributed by atoms with Gasteiger partial charge in [-0.25, -0.2) is 4.98 Å². The first-order chi connectivity index (χ1) is 15.0. The zero-order chi connectivity index (χ0) is 21.8. The van der Waals surface area contributed by atoms with Crippen molar-refractivity contribution in [2.45, 2.75) is 6.10 Å². The lowest BCUT2D eigenvalue weighted by Gasteiger charge is -2.30. The summed E-state index contributed by atoms with van der Waals surface area (Å²) in [6.45, 7) is 2.89. The molecule has 0 bridgehead atoms. The zero-order valence-electron chi connectivity index (χ0n) is 17.1. The summed E-state index contributed by atoms with van der Waals surface area (Å²) in [5, 5.41) is 3.86. The van der Waals surface area contributed by atoms with Crippen LogP contribution in [-0.4, -0.2) is 55.2 Å². The average Bonchev–Trinajstić information content (AvgIpc) is 2.77. The molecular weight excluding hydrogens is 522 g/mol. The van der Waals surface area contributed by atoms with Crippen molar-refractivity contribution < 1.29 is 9.53 Å². The Morgan fingerprint density at radius 1 is 1.16 bits per heavy atom. The summed E-state index contributed by atoms with van der Waals surface area (Å²) < 4.78 is 7.71. The van der Waals surface area contributed by atoms with Crippen LogP contribution in [0.2, 0.25) is 0 Å². The molecule has 2 heterocycles. The molecule has 4 rings (SSSR count). The molecule has 1 saturated heterocycles. The van der Waals surface area contributed by atoms with Gasteiger partial charge in [-0.15, -0.1) is 0 Å². The quantitative estimate of drug-likeness (QED) is 0.491. The van der Waals surface area contributed by atoms with Gasteiger partial charge in [-0.3, -0.25) is 4.79 Å². The van der Waals surface area contributed by atoms with E-state index in [9.17, 15) is 4.79 Å². The van der Waals surface area contributed by atoms with Crippen molar-refractivity contribution in [3.05, 3.63) is 74.3 Å². The average molecular weight is 545 g/mol. The topological polar surface area (TPSA) is 54.5 Å². The maximum Gasteiger partial charge on any atom is 0.252 e. The molecule has 0 aliphatic carbocycles. The first-order valence-corrected chi connectivity index (χ1v) is 11.7. The van der Waals surface area contributed by atoms with Gasteiger partial charge in [0.15, 0.2) is 0 Å². The van der Waals surface area contributed by atoms with Crippen LogP contribution in [0.15, 0.2) is 57.5 Å². The molecular formula is C24H23Br2N3O2. The number of ether oxygens (including phenoxy) is 1. The monoisotopic (exact) mass is 543 g/mol. The Morgan fingerprint density at radius 3 is 2.71 bits per heavy atom. The molecule has 1 aliphatic rings. The van der Waals surface area contributed by atoms with E-state index in [1.807, 2.05) is 60.7 Å². The number of hydrogen-bond donors (Lipinski definition) is 1. The number of carbonyl (C=O) groups excluding carboxylic acids is 1. The lowest BCUT2D eigenvalue weighted by atomic mass is 10.1. The minimum atomic E-state index is -0.124. The molecule has 0 spiro atoms. The zero-order valence-corrected chi connectivity index (χ0v) is 20.3. The second kappa shape index (κ2) is 10.0. The number of likely N-dealkylation sites (N-methyl/N-ethyl adjacent to an activating group) is 1. The Bertz CT molecular complexity index is 1120. The van der Waals surface area contributed by atoms with Crippen LogP contribution in [0.25, 0.3) is 23.1 Å². The van der Waals surface area contributed by atoms with Gasteiger partial charge in [0.05, 0.1) is 29.5 Å². The molecule has 1 atom stereocenters. The number of pyridine rings is 1. The maximum atomic E-state index is 13.1. The van der Waals surface area contributed by atoms with Crippen molar-refractivity contribution in [2.24, 2.45) is 0 Å². The van der Waals surface area contributed by atoms with Crippen molar-refractivity contribution in [3.63, 3.8) is 0 Å². The first kappa shape index (κ1) is 22.1. The maximum absolute atomic E-state index is 13.1. The second-order valence-electron chi connectivity index (χ2n) is 7.61. The van der Waals surface area contributed by atoms with E-state index in [2.05, 4.69) is 49.1 Å². The van der Waals surface area contributed by atoms with E-state index in [-0.39, 0.29) is 12.0 Å². The van der Waals surface area contributed by atoms with Gasteiger partial charge in [-0.1, -0.05) is 50.1 Å². The minimum Gasteiger partial charge on any atom is -0.374 e. The lowest BCUT2D eigenvalue weighted by molar-refractivity contribution is -0.0174. The van der Waals surface area contributed by atoms with E-state index in [1.165, 1.54) is 0 Å². The summed E-state index contributed by atoms with van der Waals surface area (Å²) in [6, 6.07) is 15.7. The summed E-state index contributed by atoms with van der Waals surface area (Å²) in [6.07, 6.45) is 3.92. The Kier molecular flexibility index (Phi) is 7.17. The molecule has 1 fully saturated rings. The number of hydrogen-bond acceptors (Lipinski definition) is 4. The Labute approximate surface area is 198 Å². The fourth-order valence-electron chi connectivity index (χ4n) is 3.54. The molecule has 0 radical (unpaired) electrons. The van der Waals surface area contributed by atoms with Gasteiger partial charge in [0.2, 0.25) is 0 Å². The van der Waals surface area contributed by atoms with E-state index >= 15 is 0 Å². The predicted molar refractivity (Wildman–Crippen MR) is 132 cm³/mol. The summed E-state index contributed by atoms with van der Waals surface area (Å²) in [5.74, 6) is -0.124. The van der Waals surface area contributed by atoms with Crippen molar-refractivity contribution >= 4 is 60.8 Å². The molecule has 2 aromatic carbocycles. The highest BCUT2D eigenvalue weighted by Gasteiger charge is 2.19. The number of carbonyl (C=O) groups is 1. The van der Waals surface area contributed by atoms with Crippen LogP contribution >= 0.6 is 31.9 Å². The summed E-state index contributed by atoms with van der Waals surface area (Å²) in [4.78, 5) is 20.0. The number of nitrogens with zero attached hydrogens (tertiary/aromatic N) is 2. The van der Waals surface area contributed by atoms with Crippen LogP contribution in [0.4, 0.5) is 0 Å². The normalized spacial score (nSPS) is 17.3. The van der Waals surface area contributed by atoms with E-state index in [0.29, 0.717) is 18.7 Å². The van der Waals surface area contributed by atoms with Gasteiger partial charge in [0.25, 0.3) is 5.91 Å². The van der Waals surface area contributed by atoms with Crippen LogP contribution in [0.1, 0.15) is 21.6 Å². The Balaban J connectivity index is 1.60. The lowest BCUT2D eigenvalue weighted by Crippen LogP contribution is -2.45. The molecule has 0 saturated carbocycles. The molecule has 7 heteroatoms. The van der Waals surface area contributed by atoms with E-state index in [1.54, 1.807) is 0 Å². The molecule has 160 valence electrons. The number of aromatic nitrogens is 1. The molecule has 1 aliphatic heterocycles. The van der Waals surface area contributed by atoms with Crippen molar-refractivity contribution in [3.8, 4) is 0 Å². The van der Waals surface area contributed by atoms with Crippen molar-refractivity contribution in [1.82, 2.24) is 15.2 Å². The predicted octanol–water partition coefficient (Wildman–Crippen LogP) is 4.99. The largest absolute Gasteiger partial charge is 0.374 e. The van der Waals surface area contributed by atoms with Crippen molar-refractivity contribution in [2.75, 3.05) is 33.3 Å². The smallest absolute Gasteiger partial charge is 0.252 e. The third-order valence-corrected chi connectivity index (χ3v) is 6.21. The highest BCUT2D eigenvalue weighted by atomic mass is 79.9. The molecule has 5 nitrogen and oxygen atoms in total. The van der Waals surface area contributed by atoms with Gasteiger partial charge < -0.3 is 15.0 Å². The highest BCUT2D eigenvalue weighted by Crippen LogP contribution is 2.24. The third kappa shape index (κ3) is 5.80. The van der Waals surface area contributed by atoms with Gasteiger partial charge in [0, 0.05) is 34.0 Å². The number of fused-ring (bicyclic) bond motifs is 1. The molecule has 1 N–H and O–H groups in total. The fourth-order valence-corrected chi connectivity index (χ4v) is 4.16. The number of nitrogens with one attached hydrogen (secondary N) is 1. The SMILES string of the molecule is CN1CCOC(CNC(=O)c2cc(/C=C/c3ccc(Br)cc3)nc3ccc(Br)cc23)C1. The molecule has 1 amide bonds. The first-order valence-electron chi connectivity index (χ1n) is 10.1. The van der Waals surface area contributed by atoms with Crippen LogP contribution in [0.5, 0.6) is 0 Å². The number of rotatable bonds is 5. The highest BCUT2D eigenvalue weighted by molar-refractivity contribution is 9.10. The third-order valence-electron chi connectivity index (χ3n) is 5.18. The van der Waals surface area contributed by atoms with E-state index < -0.39 is 0 Å². The van der Waals surface area contributed by atoms with E-state index in [4.69, 9.17) is 9.72 Å². The van der Waals surface area contributed by atoms with Crippen LogP contribution in [0.3, 0.4) is 0 Å². The number of halogens is 2. The Morgan fingerprint density at radius 2 is 1.94 bits per heavy atom. The van der Waals surface area contributed by atoms with Gasteiger partial charge in [-0.05, 0) is 55.1 Å². The van der Waals surface area contributed by atoms with Gasteiger partial charge >= 0.3 is 0 Å². The van der Waals surface area contributed by atoms with Crippen molar-refractivity contribution in [1.29, 1.82) is 0 Å². The molecule has 1 aromatic heterocycles. The van der Waals surface area contributed by atoms with Crippen LogP contribution in [0, 0.1) is 0 Å². The number of morpholine rings is 1. The van der Waals surface area contributed by atoms with E-state index in [0.717, 1.165) is 44.2 Å². The number of benzene rings is 2. The summed E-state index contributed by atoms with van der Waals surface area (Å²) in [7, 11) is 2.06. The fraction of sp³-hybridized carbons (Fsp3) is 0.250. The molecule has 1 unspecified atom stereocenters. The molecule has 3 aromatic rings. The standard InChI is InChI=1S/C24H23Br2N3O2/c1-29-10-11-31-20(15-29)14-27-24(30)22-13-19(8-4-16-2-5-17(25)6-3-16)28-23-9-7-18(26)12-21(22)23/h2-9,12-13,20H,10-11,14-15H2,1H3,(H,27,30)/b8-4+. The van der Waals surface area contributed by atoms with Crippen LogP contribution < -0.4 is 5.32 Å².